The highest BCUT2D eigenvalue weighted by Gasteiger charge is 2.32. The van der Waals surface area contributed by atoms with Gasteiger partial charge in [-0.15, -0.1) is 0 Å². The summed E-state index contributed by atoms with van der Waals surface area (Å²) in [6.45, 7) is 5.52. The van der Waals surface area contributed by atoms with Crippen LogP contribution >= 0.6 is 0 Å². The van der Waals surface area contributed by atoms with Crippen LogP contribution in [0.25, 0.3) is 0 Å². The minimum Gasteiger partial charge on any atom is -0.363 e. The lowest BCUT2D eigenvalue weighted by Gasteiger charge is -2.38. The van der Waals surface area contributed by atoms with E-state index in [4.69, 9.17) is 4.74 Å². The van der Waals surface area contributed by atoms with Crippen molar-refractivity contribution in [3.8, 4) is 0 Å². The molecule has 0 aromatic carbocycles. The van der Waals surface area contributed by atoms with Gasteiger partial charge in [-0.25, -0.2) is 0 Å². The zero-order chi connectivity index (χ0) is 13.7. The second kappa shape index (κ2) is 6.68. The van der Waals surface area contributed by atoms with Crippen LogP contribution in [0.5, 0.6) is 0 Å². The molecule has 0 unspecified atom stereocenters. The molecule has 1 saturated carbocycles. The third-order valence-electron chi connectivity index (χ3n) is 4.28. The van der Waals surface area contributed by atoms with Crippen molar-refractivity contribution < 1.29 is 9.53 Å². The van der Waals surface area contributed by atoms with E-state index >= 15 is 0 Å². The van der Waals surface area contributed by atoms with Crippen molar-refractivity contribution in [2.75, 3.05) is 39.8 Å². The fourth-order valence-electron chi connectivity index (χ4n) is 2.77. The van der Waals surface area contributed by atoms with Crippen LogP contribution in [-0.4, -0.2) is 62.3 Å². The van der Waals surface area contributed by atoms with E-state index in [0.29, 0.717) is 12.6 Å². The smallest absolute Gasteiger partial charge is 0.246 e. The molecule has 0 atom stereocenters. The summed E-state index contributed by atoms with van der Waals surface area (Å²) in [5.41, 5.74) is -0.141. The third-order valence-corrected chi connectivity index (χ3v) is 4.28. The number of rotatable bonds is 7. The van der Waals surface area contributed by atoms with Gasteiger partial charge in [0, 0.05) is 32.2 Å². The summed E-state index contributed by atoms with van der Waals surface area (Å²) in [5.74, 6) is -0.00653. The van der Waals surface area contributed by atoms with Gasteiger partial charge in [-0.2, -0.15) is 0 Å². The Hall–Kier alpha value is -0.650. The molecule has 1 heterocycles. The van der Waals surface area contributed by atoms with Crippen molar-refractivity contribution in [3.05, 3.63) is 0 Å². The highest BCUT2D eigenvalue weighted by Crippen LogP contribution is 2.21. The maximum atomic E-state index is 11.7. The molecule has 0 radical (unpaired) electrons. The fraction of sp³-hybridized carbons (Fsp3) is 0.929. The van der Waals surface area contributed by atoms with E-state index in [1.807, 2.05) is 6.92 Å². The second-order valence-electron chi connectivity index (χ2n) is 6.11. The van der Waals surface area contributed by atoms with Crippen LogP contribution in [0.3, 0.4) is 0 Å². The molecule has 2 N–H and O–H groups in total. The number of ether oxygens (including phenoxy) is 1. The Morgan fingerprint density at radius 2 is 2.11 bits per heavy atom. The highest BCUT2D eigenvalue weighted by atomic mass is 16.5. The predicted octanol–water partition coefficient (Wildman–Crippen LogP) is 0.356. The standard InChI is InChI=1S/C14H27N3O2/c1-14(10-15-11-14)19-9-13(18)16-7-8-17(2)12-5-3-4-6-12/h12,15H,3-11H2,1-2H3,(H,16,18). The number of amides is 1. The molecule has 0 aromatic rings. The van der Waals surface area contributed by atoms with Crippen molar-refractivity contribution in [3.63, 3.8) is 0 Å². The van der Waals surface area contributed by atoms with E-state index in [2.05, 4.69) is 22.6 Å². The molecule has 2 aliphatic rings. The van der Waals surface area contributed by atoms with Crippen molar-refractivity contribution in [2.24, 2.45) is 0 Å². The van der Waals surface area contributed by atoms with Gasteiger partial charge in [-0.05, 0) is 26.8 Å². The Labute approximate surface area is 116 Å². The Morgan fingerprint density at radius 1 is 1.42 bits per heavy atom. The van der Waals surface area contributed by atoms with Crippen molar-refractivity contribution in [1.82, 2.24) is 15.5 Å². The van der Waals surface area contributed by atoms with Gasteiger partial charge >= 0.3 is 0 Å². The van der Waals surface area contributed by atoms with Crippen LogP contribution in [0.15, 0.2) is 0 Å². The Morgan fingerprint density at radius 3 is 2.68 bits per heavy atom. The zero-order valence-electron chi connectivity index (χ0n) is 12.2. The van der Waals surface area contributed by atoms with E-state index in [1.165, 1.54) is 25.7 Å². The molecular weight excluding hydrogens is 242 g/mol. The molecule has 0 spiro atoms. The number of nitrogens with one attached hydrogen (secondary N) is 2. The normalized spacial score (nSPS) is 22.5. The first-order valence-corrected chi connectivity index (χ1v) is 7.41. The lowest BCUT2D eigenvalue weighted by molar-refractivity contribution is -0.135. The topological polar surface area (TPSA) is 53.6 Å². The number of carbonyl (C=O) groups excluding carboxylic acids is 1. The molecule has 1 amide bonds. The molecule has 5 heteroatoms. The average Bonchev–Trinajstić information content (AvgIpc) is 2.87. The molecule has 19 heavy (non-hydrogen) atoms. The molecule has 5 nitrogen and oxygen atoms in total. The van der Waals surface area contributed by atoms with Gasteiger partial charge in [0.05, 0.1) is 5.60 Å². The van der Waals surface area contributed by atoms with Crippen LogP contribution in [0.2, 0.25) is 0 Å². The SMILES string of the molecule is CN(CCNC(=O)COC1(C)CNC1)C1CCCC1. The van der Waals surface area contributed by atoms with E-state index in [-0.39, 0.29) is 18.1 Å². The molecule has 2 rings (SSSR count). The monoisotopic (exact) mass is 269 g/mol. The molecule has 1 aliphatic heterocycles. The Kier molecular flexibility index (Phi) is 5.19. The molecule has 0 bridgehead atoms. The van der Waals surface area contributed by atoms with E-state index in [1.54, 1.807) is 0 Å². The highest BCUT2D eigenvalue weighted by molar-refractivity contribution is 5.77. The first kappa shape index (κ1) is 14.8. The van der Waals surface area contributed by atoms with Gasteiger partial charge in [0.2, 0.25) is 5.91 Å². The maximum absolute atomic E-state index is 11.7. The summed E-state index contributed by atoms with van der Waals surface area (Å²) < 4.78 is 5.60. The van der Waals surface area contributed by atoms with E-state index in [0.717, 1.165) is 19.6 Å². The Bertz CT molecular complexity index is 299. The minimum absolute atomic E-state index is 0.00653. The van der Waals surface area contributed by atoms with E-state index in [9.17, 15) is 4.79 Å². The van der Waals surface area contributed by atoms with Crippen LogP contribution < -0.4 is 10.6 Å². The minimum atomic E-state index is -0.141. The summed E-state index contributed by atoms with van der Waals surface area (Å²) >= 11 is 0. The summed E-state index contributed by atoms with van der Waals surface area (Å²) in [6.07, 6.45) is 5.31. The number of nitrogens with zero attached hydrogens (tertiary/aromatic N) is 1. The second-order valence-corrected chi connectivity index (χ2v) is 6.11. The third kappa shape index (κ3) is 4.44. The summed E-state index contributed by atoms with van der Waals surface area (Å²) in [4.78, 5) is 14.0. The maximum Gasteiger partial charge on any atom is 0.246 e. The lowest BCUT2D eigenvalue weighted by atomic mass is 10.0. The number of hydrogen-bond acceptors (Lipinski definition) is 4. The van der Waals surface area contributed by atoms with Gasteiger partial charge in [0.25, 0.3) is 0 Å². The number of carbonyl (C=O) groups is 1. The number of likely N-dealkylation sites (N-methyl/N-ethyl adjacent to an activating group) is 1. The zero-order valence-corrected chi connectivity index (χ0v) is 12.2. The molecule has 110 valence electrons. The van der Waals surface area contributed by atoms with Crippen LogP contribution in [0.1, 0.15) is 32.6 Å². The first-order chi connectivity index (χ1) is 9.09. The van der Waals surface area contributed by atoms with Crippen LogP contribution in [-0.2, 0) is 9.53 Å². The van der Waals surface area contributed by atoms with Crippen LogP contribution in [0.4, 0.5) is 0 Å². The molecule has 2 fully saturated rings. The van der Waals surface area contributed by atoms with E-state index < -0.39 is 0 Å². The van der Waals surface area contributed by atoms with Crippen molar-refractivity contribution in [2.45, 2.75) is 44.2 Å². The fourth-order valence-corrected chi connectivity index (χ4v) is 2.77. The molecule has 1 aliphatic carbocycles. The van der Waals surface area contributed by atoms with Crippen molar-refractivity contribution >= 4 is 5.91 Å². The summed E-state index contributed by atoms with van der Waals surface area (Å²) in [7, 11) is 2.15. The first-order valence-electron chi connectivity index (χ1n) is 7.41. The summed E-state index contributed by atoms with van der Waals surface area (Å²) in [6, 6.07) is 0.716. The number of hydrogen-bond donors (Lipinski definition) is 2. The predicted molar refractivity (Wildman–Crippen MR) is 75.1 cm³/mol. The molecule has 0 aromatic heterocycles. The van der Waals surface area contributed by atoms with Gasteiger partial charge in [0.15, 0.2) is 0 Å². The van der Waals surface area contributed by atoms with Gasteiger partial charge in [0.1, 0.15) is 6.61 Å². The van der Waals surface area contributed by atoms with Crippen LogP contribution in [0, 0.1) is 0 Å². The lowest BCUT2D eigenvalue weighted by Crippen LogP contribution is -2.59. The quantitative estimate of drug-likeness (QED) is 0.700. The molecular formula is C14H27N3O2. The average molecular weight is 269 g/mol. The van der Waals surface area contributed by atoms with Gasteiger partial charge in [-0.1, -0.05) is 12.8 Å². The largest absolute Gasteiger partial charge is 0.363 e. The summed E-state index contributed by atoms with van der Waals surface area (Å²) in [5, 5.41) is 6.08. The Balaban J connectivity index is 1.53. The van der Waals surface area contributed by atoms with Gasteiger partial charge < -0.3 is 20.3 Å². The van der Waals surface area contributed by atoms with Crippen molar-refractivity contribution in [1.29, 1.82) is 0 Å². The molecule has 1 saturated heterocycles. The van der Waals surface area contributed by atoms with Gasteiger partial charge in [-0.3, -0.25) is 4.79 Å².